The SMILES string of the molecule is CC(C)[Si](C#Cc1c(F)ccc2cc(N)nc(-c3c(F)cc4c(N5C[C@H]6CC[C@@H](C5)N6)nc(OC[C@@]56CCCN5C[C@H](F)C6)nc4c3F)c12)(C(C)C)C(C)C. The minimum atomic E-state index is -2.34. The van der Waals surface area contributed by atoms with E-state index in [1.54, 1.807) is 6.07 Å². The van der Waals surface area contributed by atoms with Crippen LogP contribution in [-0.2, 0) is 0 Å². The molecule has 4 aliphatic heterocycles. The Kier molecular flexibility index (Phi) is 9.78. The van der Waals surface area contributed by atoms with Gasteiger partial charge in [-0.25, -0.2) is 22.5 Å². The van der Waals surface area contributed by atoms with Crippen molar-refractivity contribution in [1.29, 1.82) is 0 Å². The fourth-order valence-electron chi connectivity index (χ4n) is 10.6. The first kappa shape index (κ1) is 37.9. The summed E-state index contributed by atoms with van der Waals surface area (Å²) in [5.41, 5.74) is 9.48. The van der Waals surface area contributed by atoms with E-state index in [0.717, 1.165) is 32.2 Å². The van der Waals surface area contributed by atoms with Gasteiger partial charge in [0.2, 0.25) is 0 Å². The van der Waals surface area contributed by atoms with Crippen LogP contribution in [0.25, 0.3) is 32.9 Å². The molecule has 0 unspecified atom stereocenters. The van der Waals surface area contributed by atoms with Gasteiger partial charge in [-0.05, 0) is 72.4 Å². The Balaban J connectivity index is 1.31. The molecule has 55 heavy (non-hydrogen) atoms. The molecule has 292 valence electrons. The molecule has 0 amide bonds. The number of benzene rings is 2. The third-order valence-corrected chi connectivity index (χ3v) is 19.4. The molecule has 4 saturated heterocycles. The molecule has 8 rings (SSSR count). The molecule has 4 aromatic rings. The zero-order chi connectivity index (χ0) is 39.0. The van der Waals surface area contributed by atoms with Gasteiger partial charge in [-0.2, -0.15) is 9.97 Å². The molecular formula is C42H51F4N7OSi. The van der Waals surface area contributed by atoms with E-state index in [1.807, 2.05) is 4.90 Å². The monoisotopic (exact) mass is 773 g/mol. The van der Waals surface area contributed by atoms with E-state index in [-0.39, 0.29) is 74.7 Å². The molecule has 0 aliphatic carbocycles. The number of piperazine rings is 1. The van der Waals surface area contributed by atoms with Crippen LogP contribution in [0.5, 0.6) is 6.01 Å². The predicted molar refractivity (Wildman–Crippen MR) is 213 cm³/mol. The number of fused-ring (bicyclic) bond motifs is 5. The highest BCUT2D eigenvalue weighted by Gasteiger charge is 2.49. The Morgan fingerprint density at radius 3 is 2.36 bits per heavy atom. The van der Waals surface area contributed by atoms with E-state index in [9.17, 15) is 4.39 Å². The van der Waals surface area contributed by atoms with Gasteiger partial charge in [0.05, 0.1) is 22.4 Å². The van der Waals surface area contributed by atoms with Gasteiger partial charge in [-0.3, -0.25) is 4.90 Å². The molecule has 2 aromatic carbocycles. The molecule has 2 aromatic heterocycles. The zero-order valence-electron chi connectivity index (χ0n) is 32.6. The Labute approximate surface area is 321 Å². The first-order valence-corrected chi connectivity index (χ1v) is 22.1. The predicted octanol–water partition coefficient (Wildman–Crippen LogP) is 8.31. The molecule has 0 saturated carbocycles. The van der Waals surface area contributed by atoms with Crippen molar-refractivity contribution in [2.45, 2.75) is 114 Å². The van der Waals surface area contributed by atoms with E-state index in [0.29, 0.717) is 37.3 Å². The summed E-state index contributed by atoms with van der Waals surface area (Å²) in [5, 5.41) is 4.44. The lowest BCUT2D eigenvalue weighted by molar-refractivity contribution is 0.107. The molecule has 13 heteroatoms. The fourth-order valence-corrected chi connectivity index (χ4v) is 15.8. The number of hydrogen-bond donors (Lipinski definition) is 2. The molecule has 0 spiro atoms. The third kappa shape index (κ3) is 6.42. The maximum absolute atomic E-state index is 17.4. The van der Waals surface area contributed by atoms with Gasteiger partial charge in [0.1, 0.15) is 49.6 Å². The van der Waals surface area contributed by atoms with Crippen molar-refractivity contribution >= 4 is 41.4 Å². The van der Waals surface area contributed by atoms with Crippen LogP contribution in [0.2, 0.25) is 16.6 Å². The topological polar surface area (TPSA) is 92.4 Å². The second-order valence-corrected chi connectivity index (χ2v) is 22.8. The zero-order valence-corrected chi connectivity index (χ0v) is 33.6. The summed E-state index contributed by atoms with van der Waals surface area (Å²) in [7, 11) is -2.34. The van der Waals surface area contributed by atoms with Crippen LogP contribution in [0.1, 0.15) is 79.2 Å². The number of hydrogen-bond acceptors (Lipinski definition) is 8. The summed E-state index contributed by atoms with van der Waals surface area (Å²) >= 11 is 0. The molecule has 4 fully saturated rings. The average molecular weight is 774 g/mol. The molecule has 4 aliphatic rings. The molecule has 3 N–H and O–H groups in total. The van der Waals surface area contributed by atoms with Crippen LogP contribution >= 0.6 is 0 Å². The summed E-state index contributed by atoms with van der Waals surface area (Å²) in [4.78, 5) is 18.0. The molecule has 2 bridgehead atoms. The van der Waals surface area contributed by atoms with E-state index < -0.39 is 42.8 Å². The van der Waals surface area contributed by atoms with Gasteiger partial charge >= 0.3 is 6.01 Å². The normalized spacial score (nSPS) is 24.1. The molecule has 4 atom stereocenters. The van der Waals surface area contributed by atoms with Crippen LogP contribution in [0, 0.1) is 28.9 Å². The maximum Gasteiger partial charge on any atom is 0.319 e. The first-order valence-electron chi connectivity index (χ1n) is 19.9. The Morgan fingerprint density at radius 1 is 0.964 bits per heavy atom. The van der Waals surface area contributed by atoms with Crippen LogP contribution in [0.4, 0.5) is 29.2 Å². The minimum absolute atomic E-state index is 0.0222. The smallest absolute Gasteiger partial charge is 0.319 e. The number of nitrogens with two attached hydrogens (primary N) is 1. The van der Waals surface area contributed by atoms with E-state index in [1.165, 1.54) is 18.2 Å². The van der Waals surface area contributed by atoms with Crippen molar-refractivity contribution in [3.63, 3.8) is 0 Å². The maximum atomic E-state index is 17.4. The molecule has 6 heterocycles. The summed E-state index contributed by atoms with van der Waals surface area (Å²) in [6, 6.07) is 6.04. The molecule has 8 nitrogen and oxygen atoms in total. The van der Waals surface area contributed by atoms with Crippen molar-refractivity contribution in [2.75, 3.05) is 43.4 Å². The number of rotatable bonds is 8. The number of ether oxygens (including phenoxy) is 1. The second kappa shape index (κ2) is 14.2. The Morgan fingerprint density at radius 2 is 1.67 bits per heavy atom. The van der Waals surface area contributed by atoms with Crippen LogP contribution in [0.15, 0.2) is 24.3 Å². The van der Waals surface area contributed by atoms with Crippen molar-refractivity contribution < 1.29 is 22.3 Å². The Bertz CT molecular complexity index is 2190. The van der Waals surface area contributed by atoms with Crippen molar-refractivity contribution in [3.8, 4) is 28.7 Å². The summed E-state index contributed by atoms with van der Waals surface area (Å²) in [6.07, 6.45) is 3.11. The number of nitrogen functional groups attached to an aromatic ring is 1. The number of aromatic nitrogens is 3. The highest BCUT2D eigenvalue weighted by Crippen LogP contribution is 2.44. The first-order chi connectivity index (χ1) is 26.2. The van der Waals surface area contributed by atoms with E-state index in [2.05, 4.69) is 73.2 Å². The van der Waals surface area contributed by atoms with Crippen LogP contribution in [-0.4, -0.2) is 84.5 Å². The van der Waals surface area contributed by atoms with Crippen molar-refractivity contribution in [2.24, 2.45) is 0 Å². The fraction of sp³-hybridized carbons (Fsp3) is 0.548. The number of alkyl halides is 1. The third-order valence-electron chi connectivity index (χ3n) is 13.1. The quantitative estimate of drug-likeness (QED) is 0.105. The number of halogens is 4. The van der Waals surface area contributed by atoms with Gasteiger partial charge in [0.25, 0.3) is 0 Å². The average Bonchev–Trinajstić information content (AvgIpc) is 3.77. The van der Waals surface area contributed by atoms with E-state index >= 15 is 13.2 Å². The molecule has 0 radical (unpaired) electrons. The number of nitrogens with one attached hydrogen (secondary N) is 1. The van der Waals surface area contributed by atoms with Gasteiger partial charge in [0.15, 0.2) is 5.82 Å². The lowest BCUT2D eigenvalue weighted by Gasteiger charge is -2.38. The lowest BCUT2D eigenvalue weighted by Crippen LogP contribution is -2.51. The summed E-state index contributed by atoms with van der Waals surface area (Å²) in [6.45, 7) is 15.5. The highest BCUT2D eigenvalue weighted by atomic mass is 28.3. The van der Waals surface area contributed by atoms with Gasteiger partial charge in [-0.15, -0.1) is 5.54 Å². The van der Waals surface area contributed by atoms with Crippen LogP contribution in [0.3, 0.4) is 0 Å². The lowest BCUT2D eigenvalue weighted by atomic mass is 9.95. The van der Waals surface area contributed by atoms with Gasteiger partial charge < -0.3 is 20.7 Å². The summed E-state index contributed by atoms with van der Waals surface area (Å²) in [5.74, 6) is 1.11. The van der Waals surface area contributed by atoms with Crippen molar-refractivity contribution in [3.05, 3.63) is 47.3 Å². The van der Waals surface area contributed by atoms with E-state index in [4.69, 9.17) is 15.5 Å². The Hall–Kier alpha value is -3.99. The number of nitrogens with zero attached hydrogens (tertiary/aromatic N) is 5. The number of anilines is 2. The number of pyridine rings is 1. The summed E-state index contributed by atoms with van der Waals surface area (Å²) < 4.78 is 71.2. The van der Waals surface area contributed by atoms with Gasteiger partial charge in [0, 0.05) is 48.9 Å². The minimum Gasteiger partial charge on any atom is -0.461 e. The highest BCUT2D eigenvalue weighted by molar-refractivity contribution is 6.90. The van der Waals surface area contributed by atoms with Gasteiger partial charge in [-0.1, -0.05) is 53.5 Å². The standard InChI is InChI=1S/C42H51F4N7OSi/c1-23(2)55(24(3)4,25(5)6)15-12-30-32(44)11-8-26-16-34(47)49-39(35(26)30)36-33(45)17-31-38(37(36)46)50-41(51-40(31)52-20-28-9-10-29(21-52)48-28)54-22-42-13-7-14-53(42)19-27(43)18-42/h8,11,16-17,23-25,27-29,48H,7,9-10,13-14,18-22H2,1-6H3,(H2,47,49)/t27-,28-,29+,42+/m1/s1. The largest absolute Gasteiger partial charge is 0.461 e. The molecular weight excluding hydrogens is 723 g/mol. The second-order valence-electron chi connectivity index (χ2n) is 17.2. The van der Waals surface area contributed by atoms with Crippen LogP contribution < -0.4 is 20.7 Å². The van der Waals surface area contributed by atoms with Crippen molar-refractivity contribution in [1.82, 2.24) is 25.2 Å².